The Morgan fingerprint density at radius 3 is 2.21 bits per heavy atom. The predicted octanol–water partition coefficient (Wildman–Crippen LogP) is 4.60. The Labute approximate surface area is 199 Å². The van der Waals surface area contributed by atoms with E-state index in [4.69, 9.17) is 4.74 Å². The lowest BCUT2D eigenvalue weighted by Crippen LogP contribution is -2.64. The maximum atomic E-state index is 13.1. The molecular formula is C27H32N2O5. The van der Waals surface area contributed by atoms with Crippen molar-refractivity contribution in [3.63, 3.8) is 0 Å². The van der Waals surface area contributed by atoms with E-state index in [9.17, 15) is 19.5 Å². The van der Waals surface area contributed by atoms with Crippen LogP contribution >= 0.6 is 0 Å². The Balaban J connectivity index is 1.39. The topological polar surface area (TPSA) is 105 Å². The van der Waals surface area contributed by atoms with Crippen LogP contribution in [-0.2, 0) is 14.3 Å². The van der Waals surface area contributed by atoms with Gasteiger partial charge in [-0.05, 0) is 47.9 Å². The molecule has 0 radical (unpaired) electrons. The van der Waals surface area contributed by atoms with Gasteiger partial charge in [0.1, 0.15) is 12.1 Å². The van der Waals surface area contributed by atoms with Gasteiger partial charge < -0.3 is 20.5 Å². The molecular weight excluding hydrogens is 432 g/mol. The Morgan fingerprint density at radius 2 is 1.68 bits per heavy atom. The smallest absolute Gasteiger partial charge is 0.408 e. The molecule has 1 saturated carbocycles. The number of aliphatic carboxylic acids is 1. The number of carboxylic acid groups (broad SMARTS) is 1. The third-order valence-electron chi connectivity index (χ3n) is 6.99. The van der Waals surface area contributed by atoms with Crippen molar-refractivity contribution in [3.8, 4) is 11.1 Å². The van der Waals surface area contributed by atoms with Crippen LogP contribution in [0.5, 0.6) is 0 Å². The highest BCUT2D eigenvalue weighted by Crippen LogP contribution is 2.44. The number of fused-ring (bicyclic) bond motifs is 3. The molecule has 0 aromatic heterocycles. The number of amides is 2. The molecule has 7 nitrogen and oxygen atoms in total. The number of carbonyl (C=O) groups excluding carboxylic acids is 2. The lowest BCUT2D eigenvalue weighted by Gasteiger charge is -2.41. The molecule has 0 saturated heterocycles. The van der Waals surface area contributed by atoms with Crippen LogP contribution in [0, 0.1) is 0 Å². The summed E-state index contributed by atoms with van der Waals surface area (Å²) in [7, 11) is 0. The van der Waals surface area contributed by atoms with E-state index in [1.54, 1.807) is 0 Å². The first-order valence-electron chi connectivity index (χ1n) is 12.1. The summed E-state index contributed by atoms with van der Waals surface area (Å²) in [6.45, 7) is 2.20. The summed E-state index contributed by atoms with van der Waals surface area (Å²) in [5.41, 5.74) is 3.52. The Kier molecular flexibility index (Phi) is 7.20. The van der Waals surface area contributed by atoms with Crippen LogP contribution in [0.4, 0.5) is 4.79 Å². The first kappa shape index (κ1) is 23.8. The van der Waals surface area contributed by atoms with Gasteiger partial charge in [-0.2, -0.15) is 0 Å². The molecule has 1 fully saturated rings. The van der Waals surface area contributed by atoms with E-state index < -0.39 is 23.6 Å². The highest BCUT2D eigenvalue weighted by Gasteiger charge is 2.46. The lowest BCUT2D eigenvalue weighted by molar-refractivity contribution is -0.138. The molecule has 2 amide bonds. The fraction of sp³-hybridized carbons (Fsp3) is 0.444. The van der Waals surface area contributed by atoms with Gasteiger partial charge in [-0.25, -0.2) is 4.79 Å². The quantitative estimate of drug-likeness (QED) is 0.477. The van der Waals surface area contributed by atoms with E-state index in [0.717, 1.165) is 41.5 Å². The molecule has 0 heterocycles. The van der Waals surface area contributed by atoms with Gasteiger partial charge in [-0.3, -0.25) is 9.59 Å². The minimum Gasteiger partial charge on any atom is -0.481 e. The number of carboxylic acids is 1. The largest absolute Gasteiger partial charge is 0.481 e. The van der Waals surface area contributed by atoms with Gasteiger partial charge in [0, 0.05) is 12.0 Å². The summed E-state index contributed by atoms with van der Waals surface area (Å²) < 4.78 is 5.63. The number of carbonyl (C=O) groups is 3. The van der Waals surface area contributed by atoms with Gasteiger partial charge in [-0.15, -0.1) is 0 Å². The third-order valence-corrected chi connectivity index (χ3v) is 6.99. The second-order valence-corrected chi connectivity index (χ2v) is 9.30. The molecule has 2 aliphatic rings. The van der Waals surface area contributed by atoms with E-state index in [2.05, 4.69) is 34.9 Å². The number of hydrogen-bond donors (Lipinski definition) is 3. The van der Waals surface area contributed by atoms with E-state index in [1.165, 1.54) is 0 Å². The average Bonchev–Trinajstić information content (AvgIpc) is 3.12. The third kappa shape index (κ3) is 4.93. The molecule has 0 bridgehead atoms. The number of benzene rings is 2. The summed E-state index contributed by atoms with van der Waals surface area (Å²) in [5, 5.41) is 14.8. The molecule has 1 atom stereocenters. The van der Waals surface area contributed by atoms with Crippen molar-refractivity contribution in [2.24, 2.45) is 0 Å². The Morgan fingerprint density at radius 1 is 1.06 bits per heavy atom. The highest BCUT2D eigenvalue weighted by atomic mass is 16.5. The summed E-state index contributed by atoms with van der Waals surface area (Å²) in [5.74, 6) is -1.33. The normalized spacial score (nSPS) is 16.5. The first-order valence-corrected chi connectivity index (χ1v) is 12.1. The van der Waals surface area contributed by atoms with Gasteiger partial charge in [-0.1, -0.05) is 68.3 Å². The number of alkyl carbamates (subject to hydrolysis) is 1. The molecule has 7 heteroatoms. The zero-order chi connectivity index (χ0) is 24.1. The molecule has 34 heavy (non-hydrogen) atoms. The lowest BCUT2D eigenvalue weighted by atomic mass is 9.75. The summed E-state index contributed by atoms with van der Waals surface area (Å²) >= 11 is 0. The van der Waals surface area contributed by atoms with Crippen LogP contribution in [0.2, 0.25) is 0 Å². The van der Waals surface area contributed by atoms with E-state index in [-0.39, 0.29) is 24.9 Å². The van der Waals surface area contributed by atoms with Crippen molar-refractivity contribution in [1.29, 1.82) is 0 Å². The standard InChI is InChI=1S/C27H32N2O5/c1-2-3-9-18(16-24(30)31)28-25(32)27(14-8-15-27)29-26(33)34-17-23-21-12-6-4-10-19(21)20-11-5-7-13-22(20)23/h4-7,10-13,18,23H,2-3,8-9,14-17H2,1H3,(H,28,32)(H,29,33)(H,30,31). The van der Waals surface area contributed by atoms with E-state index in [1.807, 2.05) is 31.2 Å². The van der Waals surface area contributed by atoms with E-state index >= 15 is 0 Å². The van der Waals surface area contributed by atoms with Crippen LogP contribution in [0.25, 0.3) is 11.1 Å². The van der Waals surface area contributed by atoms with Crippen molar-refractivity contribution >= 4 is 18.0 Å². The summed E-state index contributed by atoms with van der Waals surface area (Å²) in [4.78, 5) is 37.0. The fourth-order valence-electron chi connectivity index (χ4n) is 4.98. The second kappa shape index (κ2) is 10.3. The number of hydrogen-bond acceptors (Lipinski definition) is 4. The first-order chi connectivity index (χ1) is 16.4. The molecule has 0 spiro atoms. The highest BCUT2D eigenvalue weighted by molar-refractivity contribution is 5.91. The molecule has 2 aliphatic carbocycles. The fourth-order valence-corrected chi connectivity index (χ4v) is 4.98. The molecule has 2 aromatic rings. The number of rotatable bonds is 10. The number of ether oxygens (including phenoxy) is 1. The van der Waals surface area contributed by atoms with Gasteiger partial charge >= 0.3 is 12.1 Å². The summed E-state index contributed by atoms with van der Waals surface area (Å²) in [6.07, 6.45) is 3.41. The number of nitrogens with one attached hydrogen (secondary N) is 2. The van der Waals surface area contributed by atoms with Crippen LogP contribution < -0.4 is 10.6 Å². The van der Waals surface area contributed by atoms with Gasteiger partial charge in [0.2, 0.25) is 5.91 Å². The number of unbranched alkanes of at least 4 members (excludes halogenated alkanes) is 1. The van der Waals surface area contributed by atoms with Crippen molar-refractivity contribution in [2.75, 3.05) is 6.61 Å². The summed E-state index contributed by atoms with van der Waals surface area (Å²) in [6, 6.07) is 15.8. The molecule has 2 aromatic carbocycles. The monoisotopic (exact) mass is 464 g/mol. The maximum Gasteiger partial charge on any atom is 0.408 e. The van der Waals surface area contributed by atoms with Crippen molar-refractivity contribution in [2.45, 2.75) is 69.4 Å². The minimum absolute atomic E-state index is 0.0571. The van der Waals surface area contributed by atoms with Gasteiger partial charge in [0.05, 0.1) is 6.42 Å². The molecule has 3 N–H and O–H groups in total. The molecule has 4 rings (SSSR count). The average molecular weight is 465 g/mol. The van der Waals surface area contributed by atoms with E-state index in [0.29, 0.717) is 19.3 Å². The van der Waals surface area contributed by atoms with Crippen LogP contribution in [-0.4, -0.2) is 41.3 Å². The SMILES string of the molecule is CCCCC(CC(=O)O)NC(=O)C1(NC(=O)OCC2c3ccccc3-c3ccccc32)CCC1. The molecule has 0 aliphatic heterocycles. The van der Waals surface area contributed by atoms with Gasteiger partial charge in [0.15, 0.2) is 0 Å². The van der Waals surface area contributed by atoms with Crippen LogP contribution in [0.1, 0.15) is 68.9 Å². The van der Waals surface area contributed by atoms with Crippen LogP contribution in [0.15, 0.2) is 48.5 Å². The Bertz CT molecular complexity index is 1020. The molecule has 180 valence electrons. The van der Waals surface area contributed by atoms with Crippen LogP contribution in [0.3, 0.4) is 0 Å². The Hall–Kier alpha value is -3.35. The second-order valence-electron chi connectivity index (χ2n) is 9.30. The van der Waals surface area contributed by atoms with Crippen molar-refractivity contribution < 1.29 is 24.2 Å². The van der Waals surface area contributed by atoms with Crippen molar-refractivity contribution in [1.82, 2.24) is 10.6 Å². The van der Waals surface area contributed by atoms with Crippen molar-refractivity contribution in [3.05, 3.63) is 59.7 Å². The zero-order valence-electron chi connectivity index (χ0n) is 19.5. The molecule has 1 unspecified atom stereocenters. The predicted molar refractivity (Wildman–Crippen MR) is 128 cm³/mol. The minimum atomic E-state index is -1.04. The maximum absolute atomic E-state index is 13.1. The zero-order valence-corrected chi connectivity index (χ0v) is 19.5. The van der Waals surface area contributed by atoms with Gasteiger partial charge in [0.25, 0.3) is 0 Å².